The van der Waals surface area contributed by atoms with Gasteiger partial charge in [0.2, 0.25) is 0 Å². The van der Waals surface area contributed by atoms with E-state index in [4.69, 9.17) is 11.6 Å². The Morgan fingerprint density at radius 1 is 1.12 bits per heavy atom. The summed E-state index contributed by atoms with van der Waals surface area (Å²) in [5.74, 6) is 0.159. The van der Waals surface area contributed by atoms with E-state index in [2.05, 4.69) is 20.9 Å². The normalized spacial score (nSPS) is 11.2. The van der Waals surface area contributed by atoms with Gasteiger partial charge in [-0.05, 0) is 36.2 Å². The number of halogens is 2. The fraction of sp³-hybridized carbons (Fsp3) is 0.263. The second kappa shape index (κ2) is 9.77. The Labute approximate surface area is 157 Å². The van der Waals surface area contributed by atoms with Crippen molar-refractivity contribution in [3.63, 3.8) is 0 Å². The molecule has 0 heterocycles. The van der Waals surface area contributed by atoms with Gasteiger partial charge in [0, 0.05) is 26.7 Å². The molecule has 2 rings (SSSR count). The van der Waals surface area contributed by atoms with E-state index < -0.39 is 0 Å². The Bertz CT molecular complexity index is 795. The average molecular weight is 377 g/mol. The van der Waals surface area contributed by atoms with Crippen LogP contribution in [0.5, 0.6) is 0 Å². The van der Waals surface area contributed by atoms with E-state index in [9.17, 15) is 9.18 Å². The van der Waals surface area contributed by atoms with E-state index in [-0.39, 0.29) is 11.7 Å². The maximum Gasteiger partial charge on any atom is 0.252 e. The molecule has 0 unspecified atom stereocenters. The smallest absolute Gasteiger partial charge is 0.252 e. The quantitative estimate of drug-likeness (QED) is 0.412. The van der Waals surface area contributed by atoms with Gasteiger partial charge in [-0.15, -0.1) is 0 Å². The van der Waals surface area contributed by atoms with Gasteiger partial charge in [-0.1, -0.05) is 35.9 Å². The summed E-state index contributed by atoms with van der Waals surface area (Å²) in [7, 11) is 1.66. The van der Waals surface area contributed by atoms with Crippen molar-refractivity contribution >= 4 is 23.5 Å². The first-order chi connectivity index (χ1) is 12.5. The molecule has 0 spiro atoms. The topological polar surface area (TPSA) is 65.5 Å². The summed E-state index contributed by atoms with van der Waals surface area (Å²) in [4.78, 5) is 16.2. The van der Waals surface area contributed by atoms with Gasteiger partial charge < -0.3 is 16.0 Å². The lowest BCUT2D eigenvalue weighted by molar-refractivity contribution is 0.0954. The minimum Gasteiger partial charge on any atom is -0.355 e. The highest BCUT2D eigenvalue weighted by molar-refractivity contribution is 6.33. The van der Waals surface area contributed by atoms with E-state index >= 15 is 0 Å². The standard InChI is InChI=1S/C19H22ClFN4O/c1-13-11-14(7-8-17(13)21)12-25-19(22-2)24-10-9-23-18(26)15-5-3-4-6-16(15)20/h3-8,11H,9-10,12H2,1-2H3,(H,23,26)(H2,22,24,25). The molecule has 0 atom stereocenters. The van der Waals surface area contributed by atoms with Crippen molar-refractivity contribution in [3.8, 4) is 0 Å². The second-order valence-electron chi connectivity index (χ2n) is 5.67. The molecule has 0 saturated heterocycles. The van der Waals surface area contributed by atoms with E-state index in [0.29, 0.717) is 41.7 Å². The van der Waals surface area contributed by atoms with Crippen molar-refractivity contribution in [3.05, 3.63) is 70.0 Å². The van der Waals surface area contributed by atoms with Crippen LogP contribution in [0.1, 0.15) is 21.5 Å². The van der Waals surface area contributed by atoms with Crippen molar-refractivity contribution in [2.24, 2.45) is 4.99 Å². The minimum atomic E-state index is -0.220. The Morgan fingerprint density at radius 2 is 1.85 bits per heavy atom. The number of nitrogens with zero attached hydrogens (tertiary/aromatic N) is 1. The molecule has 0 radical (unpaired) electrons. The lowest BCUT2D eigenvalue weighted by Crippen LogP contribution is -2.41. The molecule has 26 heavy (non-hydrogen) atoms. The third-order valence-electron chi connectivity index (χ3n) is 3.73. The number of rotatable bonds is 6. The molecule has 7 heteroatoms. The molecule has 2 aromatic rings. The summed E-state index contributed by atoms with van der Waals surface area (Å²) in [5, 5.41) is 9.47. The van der Waals surface area contributed by atoms with Crippen LogP contribution in [0.25, 0.3) is 0 Å². The predicted octanol–water partition coefficient (Wildman–Crippen LogP) is 2.88. The van der Waals surface area contributed by atoms with E-state index in [1.165, 1.54) is 6.07 Å². The number of aryl methyl sites for hydroxylation is 1. The van der Waals surface area contributed by atoms with Crippen molar-refractivity contribution < 1.29 is 9.18 Å². The van der Waals surface area contributed by atoms with Crippen LogP contribution >= 0.6 is 11.6 Å². The molecule has 1 amide bonds. The molecule has 0 aromatic heterocycles. The summed E-state index contributed by atoms with van der Waals surface area (Å²) in [5.41, 5.74) is 2.01. The second-order valence-corrected chi connectivity index (χ2v) is 6.08. The van der Waals surface area contributed by atoms with Crippen LogP contribution in [0.15, 0.2) is 47.5 Å². The van der Waals surface area contributed by atoms with E-state index in [0.717, 1.165) is 5.56 Å². The average Bonchev–Trinajstić information content (AvgIpc) is 2.64. The third kappa shape index (κ3) is 5.74. The fourth-order valence-corrected chi connectivity index (χ4v) is 2.54. The van der Waals surface area contributed by atoms with Crippen molar-refractivity contribution in [1.82, 2.24) is 16.0 Å². The van der Waals surface area contributed by atoms with Gasteiger partial charge >= 0.3 is 0 Å². The number of guanidine groups is 1. The number of carbonyl (C=O) groups is 1. The van der Waals surface area contributed by atoms with Crippen LogP contribution in [-0.4, -0.2) is 32.0 Å². The molecule has 3 N–H and O–H groups in total. The number of carbonyl (C=O) groups excluding carboxylic acids is 1. The van der Waals surface area contributed by atoms with Gasteiger partial charge in [0.15, 0.2) is 5.96 Å². The number of hydrogen-bond acceptors (Lipinski definition) is 2. The summed E-state index contributed by atoms with van der Waals surface area (Å²) < 4.78 is 13.3. The number of aliphatic imine (C=N–C) groups is 1. The monoisotopic (exact) mass is 376 g/mol. The first-order valence-corrected chi connectivity index (χ1v) is 8.61. The first kappa shape index (κ1) is 19.7. The molecule has 0 bridgehead atoms. The van der Waals surface area contributed by atoms with Crippen LogP contribution < -0.4 is 16.0 Å². The van der Waals surface area contributed by atoms with Crippen LogP contribution in [0, 0.1) is 12.7 Å². The molecular weight excluding hydrogens is 355 g/mol. The zero-order valence-corrected chi connectivity index (χ0v) is 15.5. The number of amides is 1. The van der Waals surface area contributed by atoms with Crippen LogP contribution in [0.3, 0.4) is 0 Å². The third-order valence-corrected chi connectivity index (χ3v) is 4.06. The minimum absolute atomic E-state index is 0.217. The van der Waals surface area contributed by atoms with Crippen molar-refractivity contribution in [2.75, 3.05) is 20.1 Å². The fourth-order valence-electron chi connectivity index (χ4n) is 2.32. The SMILES string of the molecule is CN=C(NCCNC(=O)c1ccccc1Cl)NCc1ccc(F)c(C)c1. The summed E-state index contributed by atoms with van der Waals surface area (Å²) >= 11 is 6.00. The molecule has 0 aliphatic carbocycles. The highest BCUT2D eigenvalue weighted by Crippen LogP contribution is 2.14. The largest absolute Gasteiger partial charge is 0.355 e. The molecule has 0 aliphatic heterocycles. The van der Waals surface area contributed by atoms with Crippen LogP contribution in [0.4, 0.5) is 4.39 Å². The van der Waals surface area contributed by atoms with E-state index in [1.54, 1.807) is 50.4 Å². The lowest BCUT2D eigenvalue weighted by atomic mass is 10.1. The summed E-state index contributed by atoms with van der Waals surface area (Å²) in [6, 6.07) is 11.9. The maximum atomic E-state index is 13.3. The molecule has 138 valence electrons. The number of hydrogen-bond donors (Lipinski definition) is 3. The van der Waals surface area contributed by atoms with Crippen molar-refractivity contribution in [1.29, 1.82) is 0 Å². The van der Waals surface area contributed by atoms with Crippen LogP contribution in [0.2, 0.25) is 5.02 Å². The molecule has 5 nitrogen and oxygen atoms in total. The molecular formula is C19H22ClFN4O. The highest BCUT2D eigenvalue weighted by atomic mass is 35.5. The number of nitrogens with one attached hydrogen (secondary N) is 3. The highest BCUT2D eigenvalue weighted by Gasteiger charge is 2.08. The Kier molecular flexibility index (Phi) is 7.41. The van der Waals surface area contributed by atoms with Gasteiger partial charge in [0.1, 0.15) is 5.82 Å². The zero-order valence-electron chi connectivity index (χ0n) is 14.8. The Balaban J connectivity index is 1.74. The molecule has 0 aliphatic rings. The van der Waals surface area contributed by atoms with E-state index in [1.807, 2.05) is 0 Å². The summed E-state index contributed by atoms with van der Waals surface area (Å²) in [6.07, 6.45) is 0. The Hall–Kier alpha value is -2.60. The molecule has 0 saturated carbocycles. The van der Waals surface area contributed by atoms with Gasteiger partial charge in [0.05, 0.1) is 10.6 Å². The predicted molar refractivity (Wildman–Crippen MR) is 103 cm³/mol. The van der Waals surface area contributed by atoms with Gasteiger partial charge in [-0.2, -0.15) is 0 Å². The zero-order chi connectivity index (χ0) is 18.9. The first-order valence-electron chi connectivity index (χ1n) is 8.23. The number of benzene rings is 2. The summed E-state index contributed by atoms with van der Waals surface area (Å²) in [6.45, 7) is 3.17. The van der Waals surface area contributed by atoms with Gasteiger partial charge in [-0.25, -0.2) is 4.39 Å². The van der Waals surface area contributed by atoms with Gasteiger partial charge in [-0.3, -0.25) is 9.79 Å². The van der Waals surface area contributed by atoms with Crippen LogP contribution in [-0.2, 0) is 6.54 Å². The lowest BCUT2D eigenvalue weighted by Gasteiger charge is -2.13. The van der Waals surface area contributed by atoms with Crippen molar-refractivity contribution in [2.45, 2.75) is 13.5 Å². The molecule has 2 aromatic carbocycles. The Morgan fingerprint density at radius 3 is 2.54 bits per heavy atom. The maximum absolute atomic E-state index is 13.3. The molecule has 0 fully saturated rings. The van der Waals surface area contributed by atoms with Gasteiger partial charge in [0.25, 0.3) is 5.91 Å².